The molecule has 0 spiro atoms. The molecule has 0 saturated heterocycles. The third-order valence-corrected chi connectivity index (χ3v) is 6.23. The molecule has 9 heteroatoms. The Morgan fingerprint density at radius 2 is 2.07 bits per heavy atom. The van der Waals surface area contributed by atoms with Crippen LogP contribution < -0.4 is 14.9 Å². The van der Waals surface area contributed by atoms with Gasteiger partial charge in [-0.2, -0.15) is 0 Å². The van der Waals surface area contributed by atoms with Crippen molar-refractivity contribution in [2.24, 2.45) is 4.99 Å². The van der Waals surface area contributed by atoms with Gasteiger partial charge in [-0.1, -0.05) is 35.1 Å². The molecule has 30 heavy (non-hydrogen) atoms. The van der Waals surface area contributed by atoms with Gasteiger partial charge in [0.1, 0.15) is 5.76 Å². The lowest BCUT2D eigenvalue weighted by Gasteiger charge is -2.24. The highest BCUT2D eigenvalue weighted by Crippen LogP contribution is 2.31. The van der Waals surface area contributed by atoms with Crippen LogP contribution in [0.15, 0.2) is 66.5 Å². The number of aromatic nitrogens is 1. The maximum absolute atomic E-state index is 13.3. The number of halogens is 2. The normalized spacial score (nSPS) is 16.4. The van der Waals surface area contributed by atoms with E-state index in [4.69, 9.17) is 20.8 Å². The minimum Gasteiger partial charge on any atom is -0.463 e. The van der Waals surface area contributed by atoms with E-state index in [1.807, 2.05) is 0 Å². The van der Waals surface area contributed by atoms with Gasteiger partial charge in [0.05, 0.1) is 28.5 Å². The van der Waals surface area contributed by atoms with E-state index in [2.05, 4.69) is 20.9 Å². The van der Waals surface area contributed by atoms with E-state index in [0.717, 1.165) is 5.56 Å². The van der Waals surface area contributed by atoms with Crippen molar-refractivity contribution in [3.63, 3.8) is 0 Å². The molecule has 6 nitrogen and oxygen atoms in total. The number of nitrogens with zero attached hydrogens (tertiary/aromatic N) is 2. The van der Waals surface area contributed by atoms with Gasteiger partial charge < -0.3 is 9.15 Å². The fourth-order valence-corrected chi connectivity index (χ4v) is 4.76. The SMILES string of the molecule is CCOC(=O)C1=C(C)N=c2s/c(=C\c3ccc(Br)o3)c(=O)n2[C@@H]1c1ccc(Cl)cc1. The van der Waals surface area contributed by atoms with Crippen LogP contribution in [0.4, 0.5) is 0 Å². The summed E-state index contributed by atoms with van der Waals surface area (Å²) >= 11 is 10.5. The molecule has 4 rings (SSSR count). The number of hydrogen-bond acceptors (Lipinski definition) is 6. The summed E-state index contributed by atoms with van der Waals surface area (Å²) in [6, 6.07) is 9.90. The molecule has 1 aliphatic rings. The number of esters is 1. The molecular weight excluding hydrogens is 492 g/mol. The van der Waals surface area contributed by atoms with Gasteiger partial charge in [-0.05, 0) is 59.6 Å². The average molecular weight is 508 g/mol. The van der Waals surface area contributed by atoms with Crippen LogP contribution in [0.5, 0.6) is 0 Å². The van der Waals surface area contributed by atoms with Crippen LogP contribution >= 0.6 is 38.9 Å². The number of benzene rings is 1. The number of thiazole rings is 1. The standard InChI is InChI=1S/C21H16BrClN2O4S/c1-3-28-20(27)17-11(2)24-21-25(18(17)12-4-6-13(23)7-5-12)19(26)15(30-21)10-14-8-9-16(22)29-14/h4-10,18H,3H2,1-2H3/b15-10-/t18-/m1/s1. The van der Waals surface area contributed by atoms with Gasteiger partial charge in [0, 0.05) is 11.1 Å². The number of rotatable bonds is 4. The van der Waals surface area contributed by atoms with Gasteiger partial charge >= 0.3 is 5.97 Å². The molecule has 154 valence electrons. The summed E-state index contributed by atoms with van der Waals surface area (Å²) in [4.78, 5) is 31.1. The molecule has 1 aliphatic heterocycles. The molecule has 1 atom stereocenters. The van der Waals surface area contributed by atoms with Crippen LogP contribution in [0.2, 0.25) is 5.02 Å². The van der Waals surface area contributed by atoms with E-state index in [-0.39, 0.29) is 12.2 Å². The van der Waals surface area contributed by atoms with Crippen LogP contribution in [0.1, 0.15) is 31.2 Å². The van der Waals surface area contributed by atoms with E-state index < -0.39 is 12.0 Å². The molecule has 3 aromatic rings. The van der Waals surface area contributed by atoms with Gasteiger partial charge in [0.2, 0.25) is 0 Å². The Morgan fingerprint density at radius 3 is 2.70 bits per heavy atom. The fraction of sp³-hybridized carbons (Fsp3) is 0.190. The maximum Gasteiger partial charge on any atom is 0.338 e. The smallest absolute Gasteiger partial charge is 0.338 e. The van der Waals surface area contributed by atoms with Gasteiger partial charge in [-0.25, -0.2) is 9.79 Å². The largest absolute Gasteiger partial charge is 0.463 e. The molecule has 0 aliphatic carbocycles. The summed E-state index contributed by atoms with van der Waals surface area (Å²) in [7, 11) is 0. The highest BCUT2D eigenvalue weighted by atomic mass is 79.9. The molecule has 0 N–H and O–H groups in total. The minimum atomic E-state index is -0.664. The summed E-state index contributed by atoms with van der Waals surface area (Å²) in [5, 5.41) is 0.563. The number of hydrogen-bond donors (Lipinski definition) is 0. The molecule has 0 bridgehead atoms. The molecule has 3 heterocycles. The summed E-state index contributed by atoms with van der Waals surface area (Å²) in [5.41, 5.74) is 1.33. The second-order valence-electron chi connectivity index (χ2n) is 6.50. The van der Waals surface area contributed by atoms with E-state index in [1.165, 1.54) is 15.9 Å². The van der Waals surface area contributed by atoms with Crippen molar-refractivity contribution in [3.8, 4) is 0 Å². The van der Waals surface area contributed by atoms with Crippen LogP contribution in [-0.4, -0.2) is 17.1 Å². The first-order valence-electron chi connectivity index (χ1n) is 9.09. The predicted molar refractivity (Wildman–Crippen MR) is 118 cm³/mol. The predicted octanol–water partition coefficient (Wildman–Crippen LogP) is 3.81. The Labute approximate surface area is 188 Å². The van der Waals surface area contributed by atoms with Gasteiger partial charge in [0.15, 0.2) is 9.47 Å². The van der Waals surface area contributed by atoms with Gasteiger partial charge in [0.25, 0.3) is 5.56 Å². The Morgan fingerprint density at radius 1 is 1.33 bits per heavy atom. The molecule has 0 fully saturated rings. The van der Waals surface area contributed by atoms with Crippen molar-refractivity contribution in [3.05, 3.63) is 88.4 Å². The van der Waals surface area contributed by atoms with E-state index in [1.54, 1.807) is 56.3 Å². The molecule has 1 aromatic carbocycles. The zero-order chi connectivity index (χ0) is 21.4. The first kappa shape index (κ1) is 20.8. The van der Waals surface area contributed by atoms with Gasteiger partial charge in [-0.15, -0.1) is 0 Å². The molecule has 2 aromatic heterocycles. The van der Waals surface area contributed by atoms with Crippen molar-refractivity contribution in [1.29, 1.82) is 0 Å². The van der Waals surface area contributed by atoms with E-state index in [9.17, 15) is 9.59 Å². The monoisotopic (exact) mass is 506 g/mol. The maximum atomic E-state index is 13.3. The van der Waals surface area contributed by atoms with Crippen molar-refractivity contribution < 1.29 is 13.9 Å². The second-order valence-corrected chi connectivity index (χ2v) is 8.72. The lowest BCUT2D eigenvalue weighted by molar-refractivity contribution is -0.139. The Balaban J connectivity index is 1.96. The Hall–Kier alpha value is -2.42. The first-order valence-corrected chi connectivity index (χ1v) is 11.1. The zero-order valence-corrected chi connectivity index (χ0v) is 19.2. The van der Waals surface area contributed by atoms with Crippen molar-refractivity contribution in [2.45, 2.75) is 19.9 Å². The molecule has 0 amide bonds. The summed E-state index contributed by atoms with van der Waals surface area (Å²) in [6.45, 7) is 3.71. The highest BCUT2D eigenvalue weighted by Gasteiger charge is 2.33. The first-order chi connectivity index (χ1) is 14.4. The lowest BCUT2D eigenvalue weighted by Crippen LogP contribution is -2.39. The molecule has 0 unspecified atom stereocenters. The second kappa shape index (κ2) is 8.37. The summed E-state index contributed by atoms with van der Waals surface area (Å²) < 4.78 is 13.3. The fourth-order valence-electron chi connectivity index (χ4n) is 3.29. The zero-order valence-electron chi connectivity index (χ0n) is 16.0. The number of carbonyl (C=O) groups is 1. The van der Waals surface area contributed by atoms with Crippen LogP contribution in [0.25, 0.3) is 6.08 Å². The topological polar surface area (TPSA) is 73.8 Å². The van der Waals surface area contributed by atoms with E-state index in [0.29, 0.717) is 36.1 Å². The third kappa shape index (κ3) is 3.82. The summed E-state index contributed by atoms with van der Waals surface area (Å²) in [6.07, 6.45) is 1.66. The van der Waals surface area contributed by atoms with Crippen molar-refractivity contribution >= 4 is 50.9 Å². The highest BCUT2D eigenvalue weighted by molar-refractivity contribution is 9.10. The summed E-state index contributed by atoms with van der Waals surface area (Å²) in [5.74, 6) is 0.0412. The molecular formula is C21H16BrClN2O4S. The number of carbonyl (C=O) groups excluding carboxylic acids is 1. The Bertz CT molecular complexity index is 1330. The average Bonchev–Trinajstić information content (AvgIpc) is 3.24. The number of allylic oxidation sites excluding steroid dienone is 1. The minimum absolute atomic E-state index is 0.223. The number of fused-ring (bicyclic) bond motifs is 1. The number of furan rings is 1. The third-order valence-electron chi connectivity index (χ3n) is 4.57. The lowest BCUT2D eigenvalue weighted by atomic mass is 9.96. The van der Waals surface area contributed by atoms with Crippen molar-refractivity contribution in [2.75, 3.05) is 6.61 Å². The van der Waals surface area contributed by atoms with Crippen LogP contribution in [-0.2, 0) is 9.53 Å². The van der Waals surface area contributed by atoms with Crippen LogP contribution in [0, 0.1) is 0 Å². The molecule has 0 radical (unpaired) electrons. The number of ether oxygens (including phenoxy) is 1. The van der Waals surface area contributed by atoms with Crippen molar-refractivity contribution in [1.82, 2.24) is 4.57 Å². The molecule has 0 saturated carbocycles. The van der Waals surface area contributed by atoms with Crippen LogP contribution in [0.3, 0.4) is 0 Å². The van der Waals surface area contributed by atoms with E-state index >= 15 is 0 Å². The Kier molecular flexibility index (Phi) is 5.81. The quantitative estimate of drug-likeness (QED) is 0.504. The van der Waals surface area contributed by atoms with Gasteiger partial charge in [-0.3, -0.25) is 9.36 Å².